The summed E-state index contributed by atoms with van der Waals surface area (Å²) in [6, 6.07) is 6.37. The molecule has 0 atom stereocenters. The highest BCUT2D eigenvalue weighted by Crippen LogP contribution is 2.32. The van der Waals surface area contributed by atoms with Crippen LogP contribution in [0.15, 0.2) is 35.7 Å². The molecule has 7 nitrogen and oxygen atoms in total. The topological polar surface area (TPSA) is 93.3 Å². The Labute approximate surface area is 142 Å². The first kappa shape index (κ1) is 16.0. The maximum atomic E-state index is 10.9. The highest BCUT2D eigenvalue weighted by atomic mass is 32.1. The third-order valence-corrected chi connectivity index (χ3v) is 4.88. The summed E-state index contributed by atoms with van der Waals surface area (Å²) in [4.78, 5) is 21.1. The van der Waals surface area contributed by atoms with Crippen molar-refractivity contribution in [3.05, 3.63) is 56.7 Å². The molecular weight excluding hydrogens is 326 g/mol. The van der Waals surface area contributed by atoms with Gasteiger partial charge in [-0.3, -0.25) is 15.5 Å². The largest absolute Gasteiger partial charge is 0.270 e. The van der Waals surface area contributed by atoms with Gasteiger partial charge in [0, 0.05) is 22.6 Å². The molecule has 24 heavy (non-hydrogen) atoms. The van der Waals surface area contributed by atoms with Gasteiger partial charge in [-0.15, -0.1) is 11.3 Å². The Morgan fingerprint density at radius 3 is 2.88 bits per heavy atom. The Balaban J connectivity index is 1.93. The van der Waals surface area contributed by atoms with E-state index >= 15 is 0 Å². The molecule has 0 bridgehead atoms. The van der Waals surface area contributed by atoms with Gasteiger partial charge >= 0.3 is 0 Å². The third-order valence-electron chi connectivity index (χ3n) is 3.77. The maximum absolute atomic E-state index is 10.9. The van der Waals surface area contributed by atoms with Crippen LogP contribution < -0.4 is 5.43 Å². The second-order valence-electron chi connectivity index (χ2n) is 5.30. The van der Waals surface area contributed by atoms with E-state index in [9.17, 15) is 10.1 Å². The number of anilines is 1. The number of hydrogen-bond donors (Lipinski definition) is 1. The molecule has 3 rings (SSSR count). The number of hydrazone groups is 1. The van der Waals surface area contributed by atoms with Gasteiger partial charge in [-0.25, -0.2) is 9.97 Å². The van der Waals surface area contributed by atoms with Crippen LogP contribution in [0, 0.1) is 24.0 Å². The van der Waals surface area contributed by atoms with Crippen molar-refractivity contribution in [1.82, 2.24) is 9.97 Å². The van der Waals surface area contributed by atoms with Crippen molar-refractivity contribution in [3.8, 4) is 0 Å². The fraction of sp³-hybridized carbons (Fsp3) is 0.188. The zero-order valence-corrected chi connectivity index (χ0v) is 14.2. The number of aryl methyl sites for hydroxylation is 2. The molecule has 0 radical (unpaired) electrons. The minimum atomic E-state index is -0.421. The number of rotatable bonds is 4. The van der Waals surface area contributed by atoms with E-state index in [1.54, 1.807) is 30.4 Å². The van der Waals surface area contributed by atoms with E-state index in [1.807, 2.05) is 13.8 Å². The van der Waals surface area contributed by atoms with Gasteiger partial charge in [0.25, 0.3) is 5.69 Å². The Bertz CT molecular complexity index is 964. The van der Waals surface area contributed by atoms with Crippen LogP contribution in [0.2, 0.25) is 0 Å². The number of thiophene rings is 1. The molecule has 0 aliphatic carbocycles. The molecule has 0 aliphatic rings. The summed E-state index contributed by atoms with van der Waals surface area (Å²) < 4.78 is 0. The lowest BCUT2D eigenvalue weighted by Gasteiger charge is -2.05. The van der Waals surface area contributed by atoms with Crippen LogP contribution in [0.4, 0.5) is 11.5 Å². The van der Waals surface area contributed by atoms with Crippen LogP contribution in [-0.2, 0) is 0 Å². The summed E-state index contributed by atoms with van der Waals surface area (Å²) in [6.07, 6.45) is 1.50. The Morgan fingerprint density at radius 1 is 1.33 bits per heavy atom. The fourth-order valence-corrected chi connectivity index (χ4v) is 3.31. The van der Waals surface area contributed by atoms with E-state index in [0.29, 0.717) is 17.1 Å². The number of nitrogens with zero attached hydrogens (tertiary/aromatic N) is 4. The van der Waals surface area contributed by atoms with E-state index in [2.05, 4.69) is 20.5 Å². The number of nitro groups is 1. The monoisotopic (exact) mass is 341 g/mol. The molecule has 0 amide bonds. The van der Waals surface area contributed by atoms with Gasteiger partial charge in [0.05, 0.1) is 16.0 Å². The lowest BCUT2D eigenvalue weighted by molar-refractivity contribution is -0.384. The number of non-ortho nitro benzene ring substituents is 1. The summed E-state index contributed by atoms with van der Waals surface area (Å²) in [6.45, 7) is 5.86. The van der Waals surface area contributed by atoms with Gasteiger partial charge in [0.1, 0.15) is 11.2 Å². The molecule has 1 N–H and O–H groups in total. The minimum Gasteiger partial charge on any atom is -0.260 e. The molecule has 8 heteroatoms. The van der Waals surface area contributed by atoms with Crippen molar-refractivity contribution in [2.45, 2.75) is 20.8 Å². The van der Waals surface area contributed by atoms with Crippen molar-refractivity contribution in [2.75, 3.05) is 5.43 Å². The van der Waals surface area contributed by atoms with Crippen molar-refractivity contribution in [2.24, 2.45) is 5.10 Å². The second-order valence-corrected chi connectivity index (χ2v) is 6.51. The molecule has 0 aliphatic heterocycles. The normalized spacial score (nSPS) is 11.7. The molecular formula is C16H15N5O2S. The van der Waals surface area contributed by atoms with Gasteiger partial charge in [-0.1, -0.05) is 12.1 Å². The molecule has 0 unspecified atom stereocenters. The van der Waals surface area contributed by atoms with E-state index in [-0.39, 0.29) is 5.69 Å². The summed E-state index contributed by atoms with van der Waals surface area (Å²) in [5.74, 6) is 0.631. The number of fused-ring (bicyclic) bond motifs is 1. The van der Waals surface area contributed by atoms with Gasteiger partial charge < -0.3 is 0 Å². The molecule has 0 fully saturated rings. The number of hydrogen-bond acceptors (Lipinski definition) is 7. The Morgan fingerprint density at radius 2 is 2.12 bits per heavy atom. The molecule has 2 heterocycles. The highest BCUT2D eigenvalue weighted by molar-refractivity contribution is 7.18. The molecule has 0 spiro atoms. The first-order valence-electron chi connectivity index (χ1n) is 7.23. The van der Waals surface area contributed by atoms with E-state index in [1.165, 1.54) is 23.3 Å². The molecule has 1 aromatic carbocycles. The van der Waals surface area contributed by atoms with Gasteiger partial charge in [0.2, 0.25) is 0 Å². The van der Waals surface area contributed by atoms with Crippen molar-refractivity contribution < 1.29 is 4.92 Å². The Kier molecular flexibility index (Phi) is 4.22. The van der Waals surface area contributed by atoms with Crippen LogP contribution >= 0.6 is 11.3 Å². The quantitative estimate of drug-likeness (QED) is 0.439. The summed E-state index contributed by atoms with van der Waals surface area (Å²) >= 11 is 1.61. The first-order chi connectivity index (χ1) is 11.5. The van der Waals surface area contributed by atoms with Crippen LogP contribution in [0.3, 0.4) is 0 Å². The third kappa shape index (κ3) is 2.95. The summed E-state index contributed by atoms with van der Waals surface area (Å²) in [7, 11) is 0. The maximum Gasteiger partial charge on any atom is 0.270 e. The van der Waals surface area contributed by atoms with Crippen LogP contribution in [0.1, 0.15) is 22.9 Å². The zero-order valence-electron chi connectivity index (χ0n) is 13.4. The number of nitrogens with one attached hydrogen (secondary N) is 1. The van der Waals surface area contributed by atoms with Gasteiger partial charge in [0.15, 0.2) is 5.82 Å². The smallest absolute Gasteiger partial charge is 0.260 e. The lowest BCUT2D eigenvalue weighted by Crippen LogP contribution is -2.02. The standard InChI is InChI=1S/C16H15N5O2S/c1-9-11(3)24-16-14(9)15(17-8-18-16)20-19-10(2)12-5-4-6-13(7-12)21(22)23/h4-8H,1-3H3,(H,17,18,20). The van der Waals surface area contributed by atoms with Crippen molar-refractivity contribution in [3.63, 3.8) is 0 Å². The average Bonchev–Trinajstić information content (AvgIpc) is 2.87. The van der Waals surface area contributed by atoms with Crippen LogP contribution in [0.5, 0.6) is 0 Å². The lowest BCUT2D eigenvalue weighted by atomic mass is 10.1. The fourth-order valence-electron chi connectivity index (χ4n) is 2.31. The van der Waals surface area contributed by atoms with Crippen molar-refractivity contribution >= 4 is 38.8 Å². The molecule has 3 aromatic rings. The first-order valence-corrected chi connectivity index (χ1v) is 8.05. The molecule has 0 saturated carbocycles. The van der Waals surface area contributed by atoms with Crippen LogP contribution in [-0.4, -0.2) is 20.6 Å². The van der Waals surface area contributed by atoms with Crippen LogP contribution in [0.25, 0.3) is 10.2 Å². The predicted octanol–water partition coefficient (Wildman–Crippen LogP) is 4.05. The van der Waals surface area contributed by atoms with Gasteiger partial charge in [-0.2, -0.15) is 5.10 Å². The number of nitro benzene ring substituents is 1. The minimum absolute atomic E-state index is 0.0378. The van der Waals surface area contributed by atoms with E-state index in [0.717, 1.165) is 15.8 Å². The molecule has 2 aromatic heterocycles. The predicted molar refractivity (Wildman–Crippen MR) is 95.8 cm³/mol. The Hall–Kier alpha value is -2.87. The van der Waals surface area contributed by atoms with Crippen molar-refractivity contribution in [1.29, 1.82) is 0 Å². The SMILES string of the molecule is CC(=NNc1ncnc2sc(C)c(C)c12)c1cccc([N+](=O)[O-])c1. The molecule has 0 saturated heterocycles. The zero-order chi connectivity index (χ0) is 17.3. The van der Waals surface area contributed by atoms with Gasteiger partial charge in [-0.05, 0) is 26.3 Å². The molecule has 122 valence electrons. The second kappa shape index (κ2) is 6.32. The highest BCUT2D eigenvalue weighted by Gasteiger charge is 2.12. The number of aromatic nitrogens is 2. The summed E-state index contributed by atoms with van der Waals surface area (Å²) in [5, 5.41) is 16.2. The van der Waals surface area contributed by atoms with E-state index in [4.69, 9.17) is 0 Å². The summed E-state index contributed by atoms with van der Waals surface area (Å²) in [5.41, 5.74) is 5.44. The van der Waals surface area contributed by atoms with E-state index < -0.39 is 4.92 Å². The number of benzene rings is 1. The average molecular weight is 341 g/mol.